The second kappa shape index (κ2) is 11.4. The van der Waals surface area contributed by atoms with E-state index in [0.717, 1.165) is 36.8 Å². The topological polar surface area (TPSA) is 138 Å². The molecule has 1 aliphatic heterocycles. The number of aryl methyl sites for hydroxylation is 1. The van der Waals surface area contributed by atoms with Gasteiger partial charge in [0, 0.05) is 55.1 Å². The number of esters is 1. The number of carbonyl (C=O) groups excluding carboxylic acids is 2. The molecule has 1 amide bonds. The molecule has 0 unspecified atom stereocenters. The molecule has 38 heavy (non-hydrogen) atoms. The van der Waals surface area contributed by atoms with Gasteiger partial charge in [-0.1, -0.05) is 0 Å². The number of amides is 1. The highest BCUT2D eigenvalue weighted by Crippen LogP contribution is 2.26. The zero-order valence-electron chi connectivity index (χ0n) is 22.0. The number of carbonyl (C=O) groups is 2. The van der Waals surface area contributed by atoms with E-state index in [4.69, 9.17) is 26.0 Å². The van der Waals surface area contributed by atoms with E-state index in [1.807, 2.05) is 11.0 Å². The number of nitrogens with two attached hydrogens (primary N) is 1. The summed E-state index contributed by atoms with van der Waals surface area (Å²) in [5.74, 6) is 0.342. The maximum absolute atomic E-state index is 13.8. The lowest BCUT2D eigenvalue weighted by molar-refractivity contribution is -0.141. The number of aromatic nitrogens is 1. The van der Waals surface area contributed by atoms with Crippen LogP contribution in [0.25, 0.3) is 10.9 Å². The van der Waals surface area contributed by atoms with Gasteiger partial charge in [-0.25, -0.2) is 0 Å². The number of ether oxygens (including phenoxy) is 2. The molecule has 0 atom stereocenters. The molecular weight excluding hydrogens is 484 g/mol. The minimum absolute atomic E-state index is 0.0507. The van der Waals surface area contributed by atoms with E-state index in [0.29, 0.717) is 28.5 Å². The van der Waals surface area contributed by atoms with Crippen molar-refractivity contribution in [2.45, 2.75) is 32.8 Å². The number of anilines is 1. The first-order valence-electron chi connectivity index (χ1n) is 12.7. The Kier molecular flexibility index (Phi) is 7.99. The van der Waals surface area contributed by atoms with Gasteiger partial charge in [-0.3, -0.25) is 25.3 Å². The van der Waals surface area contributed by atoms with Crippen molar-refractivity contribution < 1.29 is 19.1 Å². The van der Waals surface area contributed by atoms with Crippen LogP contribution in [0.4, 0.5) is 5.69 Å². The van der Waals surface area contributed by atoms with Crippen molar-refractivity contribution >= 4 is 40.1 Å². The number of benzene rings is 2. The Balaban J connectivity index is 1.57. The van der Waals surface area contributed by atoms with Crippen LogP contribution in [0.15, 0.2) is 48.5 Å². The molecule has 4 rings (SSSR count). The quantitative estimate of drug-likeness (QED) is 0.237. The molecule has 1 aromatic heterocycles. The highest BCUT2D eigenvalue weighted by atomic mass is 16.5. The average molecular weight is 519 g/mol. The number of fused-ring (bicyclic) bond motifs is 1. The second-order valence-corrected chi connectivity index (χ2v) is 9.36. The fraction of sp³-hybridized carbons (Fsp3) is 0.357. The molecule has 0 bridgehead atoms. The van der Waals surface area contributed by atoms with Crippen LogP contribution >= 0.6 is 0 Å². The van der Waals surface area contributed by atoms with E-state index in [1.165, 1.54) is 4.90 Å². The number of nitrogens with zero attached hydrogens (tertiary/aromatic N) is 3. The maximum Gasteiger partial charge on any atom is 0.326 e. The number of nitrogen functional groups attached to an aromatic ring is 1. The minimum Gasteiger partial charge on any atom is -0.490 e. The third-order valence-corrected chi connectivity index (χ3v) is 6.78. The molecule has 200 valence electrons. The summed E-state index contributed by atoms with van der Waals surface area (Å²) in [6.07, 6.45) is 1.72. The molecule has 3 aromatic rings. The Morgan fingerprint density at radius 2 is 1.76 bits per heavy atom. The van der Waals surface area contributed by atoms with Gasteiger partial charge in [-0.05, 0) is 62.4 Å². The van der Waals surface area contributed by atoms with Crippen LogP contribution in [-0.2, 0) is 16.6 Å². The van der Waals surface area contributed by atoms with Gasteiger partial charge in [0.05, 0.1) is 12.4 Å². The Hall–Kier alpha value is -4.34. The van der Waals surface area contributed by atoms with Crippen LogP contribution in [0.5, 0.6) is 5.75 Å². The monoisotopic (exact) mass is 518 g/mol. The Morgan fingerprint density at radius 1 is 1.08 bits per heavy atom. The van der Waals surface area contributed by atoms with E-state index < -0.39 is 5.97 Å². The van der Waals surface area contributed by atoms with Gasteiger partial charge < -0.3 is 24.7 Å². The summed E-state index contributed by atoms with van der Waals surface area (Å²) < 4.78 is 13.1. The third kappa shape index (κ3) is 5.80. The summed E-state index contributed by atoms with van der Waals surface area (Å²) in [5, 5.41) is 16.3. The zero-order chi connectivity index (χ0) is 27.4. The van der Waals surface area contributed by atoms with Gasteiger partial charge in [-0.2, -0.15) is 0 Å². The predicted octanol–water partition coefficient (Wildman–Crippen LogP) is 3.51. The first-order valence-corrected chi connectivity index (χ1v) is 12.7. The van der Waals surface area contributed by atoms with Crippen LogP contribution in [-0.4, -0.2) is 65.4 Å². The number of likely N-dealkylation sites (tertiary alicyclic amines) is 1. The van der Waals surface area contributed by atoms with Crippen molar-refractivity contribution in [2.24, 2.45) is 12.8 Å². The van der Waals surface area contributed by atoms with Crippen molar-refractivity contribution in [1.29, 1.82) is 10.8 Å². The predicted molar refractivity (Wildman–Crippen MR) is 147 cm³/mol. The van der Waals surface area contributed by atoms with E-state index in [-0.39, 0.29) is 31.0 Å². The third-order valence-electron chi connectivity index (χ3n) is 6.78. The standard InChI is InChI=1S/C28H34N6O4/c1-4-37-26(35)17-34(28(36)25-16-20-15-19(27(30)31)5-10-24(20)32(25)3)21-6-8-22(9-7-21)38-23-11-13-33(14-12-23)18(2)29/h5-10,15-16,23,29H,4,11-14,17H2,1-3H3,(H3,30,31). The van der Waals surface area contributed by atoms with Crippen molar-refractivity contribution in [3.8, 4) is 5.75 Å². The number of nitrogens with one attached hydrogen (secondary N) is 2. The molecule has 2 aromatic carbocycles. The summed E-state index contributed by atoms with van der Waals surface area (Å²) >= 11 is 0. The molecule has 2 heterocycles. The molecule has 1 saturated heterocycles. The largest absolute Gasteiger partial charge is 0.490 e. The van der Waals surface area contributed by atoms with Crippen molar-refractivity contribution in [3.05, 3.63) is 59.8 Å². The van der Waals surface area contributed by atoms with Gasteiger partial charge in [0.2, 0.25) is 0 Å². The average Bonchev–Trinajstić information content (AvgIpc) is 3.23. The summed E-state index contributed by atoms with van der Waals surface area (Å²) in [4.78, 5) is 29.6. The van der Waals surface area contributed by atoms with Crippen LogP contribution in [0.3, 0.4) is 0 Å². The number of amidine groups is 2. The van der Waals surface area contributed by atoms with Gasteiger partial charge in [0.1, 0.15) is 29.9 Å². The Morgan fingerprint density at radius 3 is 2.37 bits per heavy atom. The SMILES string of the molecule is CCOC(=O)CN(C(=O)c1cc2cc(C(=N)N)ccc2n1C)c1ccc(OC2CCN(C(C)=N)CC2)cc1. The second-order valence-electron chi connectivity index (χ2n) is 9.36. The first-order chi connectivity index (χ1) is 18.2. The smallest absolute Gasteiger partial charge is 0.326 e. The van der Waals surface area contributed by atoms with Gasteiger partial charge in [-0.15, -0.1) is 0 Å². The molecule has 0 spiro atoms. The minimum atomic E-state index is -0.507. The Bertz CT molecular complexity index is 1360. The molecule has 4 N–H and O–H groups in total. The van der Waals surface area contributed by atoms with Crippen molar-refractivity contribution in [2.75, 3.05) is 31.1 Å². The number of rotatable bonds is 8. The van der Waals surface area contributed by atoms with Crippen LogP contribution in [0.1, 0.15) is 42.7 Å². The number of hydrogen-bond acceptors (Lipinski definition) is 6. The summed E-state index contributed by atoms with van der Waals surface area (Å²) in [6.45, 7) is 5.07. The molecule has 0 aliphatic carbocycles. The zero-order valence-corrected chi connectivity index (χ0v) is 22.0. The van der Waals surface area contributed by atoms with Crippen molar-refractivity contribution in [3.63, 3.8) is 0 Å². The molecule has 1 fully saturated rings. The van der Waals surface area contributed by atoms with E-state index in [1.54, 1.807) is 67.9 Å². The lowest BCUT2D eigenvalue weighted by Crippen LogP contribution is -2.40. The highest BCUT2D eigenvalue weighted by molar-refractivity contribution is 6.10. The van der Waals surface area contributed by atoms with Gasteiger partial charge in [0.25, 0.3) is 5.91 Å². The Labute approximate surface area is 221 Å². The summed E-state index contributed by atoms with van der Waals surface area (Å²) in [7, 11) is 1.79. The van der Waals surface area contributed by atoms with Crippen LogP contribution < -0.4 is 15.4 Å². The number of piperidine rings is 1. The lowest BCUT2D eigenvalue weighted by atomic mass is 10.1. The first kappa shape index (κ1) is 26.7. The van der Waals surface area contributed by atoms with Crippen LogP contribution in [0.2, 0.25) is 0 Å². The lowest BCUT2D eigenvalue weighted by Gasteiger charge is -2.32. The number of hydrogen-bond donors (Lipinski definition) is 3. The van der Waals surface area contributed by atoms with Gasteiger partial charge >= 0.3 is 5.97 Å². The molecule has 10 heteroatoms. The fourth-order valence-electron chi connectivity index (χ4n) is 4.68. The normalized spacial score (nSPS) is 13.8. The molecular formula is C28H34N6O4. The van der Waals surface area contributed by atoms with Crippen LogP contribution in [0, 0.1) is 10.8 Å². The molecule has 1 aliphatic rings. The maximum atomic E-state index is 13.8. The molecule has 10 nitrogen and oxygen atoms in total. The van der Waals surface area contributed by atoms with E-state index >= 15 is 0 Å². The summed E-state index contributed by atoms with van der Waals surface area (Å²) in [5.41, 5.74) is 7.94. The summed E-state index contributed by atoms with van der Waals surface area (Å²) in [6, 6.07) is 14.2. The van der Waals surface area contributed by atoms with Gasteiger partial charge in [0.15, 0.2) is 0 Å². The fourth-order valence-corrected chi connectivity index (χ4v) is 4.68. The van der Waals surface area contributed by atoms with E-state index in [2.05, 4.69) is 0 Å². The van der Waals surface area contributed by atoms with Crippen molar-refractivity contribution in [1.82, 2.24) is 9.47 Å². The highest BCUT2D eigenvalue weighted by Gasteiger charge is 2.25. The van der Waals surface area contributed by atoms with E-state index in [9.17, 15) is 9.59 Å². The molecule has 0 saturated carbocycles. The molecule has 0 radical (unpaired) electrons.